The highest BCUT2D eigenvalue weighted by Gasteiger charge is 1.93. The average Bonchev–Trinajstić information content (AvgIpc) is 2.88. The van der Waals surface area contributed by atoms with Gasteiger partial charge in [-0.25, -0.2) is 4.98 Å². The highest BCUT2D eigenvalue weighted by Crippen LogP contribution is 2.01. The van der Waals surface area contributed by atoms with Crippen LogP contribution in [-0.2, 0) is 21.4 Å². The Morgan fingerprint density at radius 3 is 1.72 bits per heavy atom. The topological polar surface area (TPSA) is 97.9 Å². The molecule has 0 aliphatic rings. The molecular weight excluding hydrogens is 320 g/mol. The van der Waals surface area contributed by atoms with Crippen LogP contribution in [0, 0.1) is 32.1 Å². The lowest BCUT2D eigenvalue weighted by molar-refractivity contribution is -0.156. The van der Waals surface area contributed by atoms with Crippen molar-refractivity contribution < 1.29 is 14.3 Å². The number of ether oxygens (including phenoxy) is 1. The Bertz CT molecular complexity index is 612. The van der Waals surface area contributed by atoms with E-state index in [-0.39, 0.29) is 0 Å². The maximum absolute atomic E-state index is 9.81. The van der Waals surface area contributed by atoms with E-state index < -0.39 is 11.9 Å². The number of nitrogens with zero attached hydrogens (tertiary/aromatic N) is 4. The van der Waals surface area contributed by atoms with E-state index >= 15 is 0 Å². The molecule has 0 saturated heterocycles. The Balaban J connectivity index is 0. The van der Waals surface area contributed by atoms with Crippen LogP contribution in [0.2, 0.25) is 0 Å². The SMILES string of the molecule is CC#N.CC(=O)OC(C)=O.Cc1cc(C)nc(C)c1.Cn1ccnc1. The van der Waals surface area contributed by atoms with Gasteiger partial charge in [-0.3, -0.25) is 14.6 Å². The minimum atomic E-state index is -0.562. The second-order valence-corrected chi connectivity index (χ2v) is 4.96. The number of aryl methyl sites for hydroxylation is 4. The summed E-state index contributed by atoms with van der Waals surface area (Å²) in [6.45, 7) is 9.91. The molecule has 2 rings (SSSR count). The normalized spacial score (nSPS) is 8.08. The molecule has 0 saturated carbocycles. The third kappa shape index (κ3) is 18.9. The van der Waals surface area contributed by atoms with Crippen molar-refractivity contribution in [3.8, 4) is 6.07 Å². The fourth-order valence-corrected chi connectivity index (χ4v) is 1.57. The first-order chi connectivity index (χ1) is 11.6. The molecule has 0 aromatic carbocycles. The van der Waals surface area contributed by atoms with E-state index in [0.717, 1.165) is 11.4 Å². The van der Waals surface area contributed by atoms with Crippen molar-refractivity contribution in [2.24, 2.45) is 7.05 Å². The van der Waals surface area contributed by atoms with Crippen LogP contribution in [0.25, 0.3) is 0 Å². The van der Waals surface area contributed by atoms with Gasteiger partial charge in [0.15, 0.2) is 0 Å². The first-order valence-corrected chi connectivity index (χ1v) is 7.46. The molecule has 0 atom stereocenters. The highest BCUT2D eigenvalue weighted by atomic mass is 16.6. The molecule has 0 fully saturated rings. The molecule has 0 aliphatic heterocycles. The van der Waals surface area contributed by atoms with Crippen LogP contribution in [0.15, 0.2) is 30.9 Å². The number of imidazole rings is 1. The number of hydrogen-bond donors (Lipinski definition) is 0. The standard InChI is InChI=1S/C8H11N.C4H6N2.C4H6O3.C2H3N/c1-6-4-7(2)9-8(3)5-6;1-6-3-2-5-4-6;1-3(5)7-4(2)6;1-2-3/h4-5H,1-3H3;2-4H,1H3;1-2H3;1H3. The van der Waals surface area contributed by atoms with Gasteiger partial charge in [0.1, 0.15) is 0 Å². The Kier molecular flexibility index (Phi) is 14.1. The van der Waals surface area contributed by atoms with E-state index in [1.807, 2.05) is 31.7 Å². The van der Waals surface area contributed by atoms with E-state index in [4.69, 9.17) is 5.26 Å². The molecule has 0 radical (unpaired) electrons. The Morgan fingerprint density at radius 2 is 1.56 bits per heavy atom. The van der Waals surface area contributed by atoms with Gasteiger partial charge in [-0.2, -0.15) is 5.26 Å². The Hall–Kier alpha value is -3.01. The van der Waals surface area contributed by atoms with Gasteiger partial charge in [-0.15, -0.1) is 0 Å². The molecule has 2 heterocycles. The number of pyridine rings is 1. The van der Waals surface area contributed by atoms with Gasteiger partial charge in [0.05, 0.1) is 12.4 Å². The fraction of sp³-hybridized carbons (Fsp3) is 0.389. The zero-order chi connectivity index (χ0) is 19.8. The van der Waals surface area contributed by atoms with Gasteiger partial charge in [0.25, 0.3) is 0 Å². The molecule has 0 bridgehead atoms. The summed E-state index contributed by atoms with van der Waals surface area (Å²) in [6, 6.07) is 5.90. The minimum Gasteiger partial charge on any atom is -0.394 e. The van der Waals surface area contributed by atoms with Crippen LogP contribution in [0.1, 0.15) is 37.7 Å². The number of hydrogen-bond acceptors (Lipinski definition) is 6. The summed E-state index contributed by atoms with van der Waals surface area (Å²) in [7, 11) is 1.94. The lowest BCUT2D eigenvalue weighted by Gasteiger charge is -1.96. The fourth-order valence-electron chi connectivity index (χ4n) is 1.57. The number of carbonyl (C=O) groups excluding carboxylic acids is 2. The van der Waals surface area contributed by atoms with Gasteiger partial charge in [-0.1, -0.05) is 0 Å². The second kappa shape index (κ2) is 14.6. The van der Waals surface area contributed by atoms with Crippen LogP contribution >= 0.6 is 0 Å². The third-order valence-corrected chi connectivity index (χ3v) is 2.15. The Morgan fingerprint density at radius 1 is 1.12 bits per heavy atom. The predicted molar refractivity (Wildman–Crippen MR) is 95.4 cm³/mol. The van der Waals surface area contributed by atoms with E-state index in [0.29, 0.717) is 0 Å². The predicted octanol–water partition coefficient (Wildman–Crippen LogP) is 3.05. The van der Waals surface area contributed by atoms with Gasteiger partial charge in [0, 0.05) is 51.6 Å². The van der Waals surface area contributed by atoms with Crippen LogP contribution < -0.4 is 0 Å². The molecule has 2 aromatic rings. The lowest BCUT2D eigenvalue weighted by atomic mass is 10.2. The molecule has 2 aromatic heterocycles. The van der Waals surface area contributed by atoms with Crippen molar-refractivity contribution in [3.63, 3.8) is 0 Å². The summed E-state index contributed by atoms with van der Waals surface area (Å²) < 4.78 is 5.86. The van der Waals surface area contributed by atoms with Crippen molar-refractivity contribution in [2.75, 3.05) is 0 Å². The molecule has 0 N–H and O–H groups in total. The molecule has 25 heavy (non-hydrogen) atoms. The maximum atomic E-state index is 9.81. The molecule has 7 nitrogen and oxygen atoms in total. The Labute approximate surface area is 149 Å². The summed E-state index contributed by atoms with van der Waals surface area (Å²) in [4.78, 5) is 27.6. The van der Waals surface area contributed by atoms with Crippen LogP contribution in [-0.4, -0.2) is 26.5 Å². The molecule has 0 aliphatic carbocycles. The molecule has 0 spiro atoms. The summed E-state index contributed by atoms with van der Waals surface area (Å²) in [5.74, 6) is -1.12. The van der Waals surface area contributed by atoms with Gasteiger partial charge in [0.2, 0.25) is 0 Å². The monoisotopic (exact) mass is 346 g/mol. The summed E-state index contributed by atoms with van der Waals surface area (Å²) in [6.07, 6.45) is 5.39. The van der Waals surface area contributed by atoms with E-state index in [9.17, 15) is 9.59 Å². The van der Waals surface area contributed by atoms with Crippen molar-refractivity contribution in [1.82, 2.24) is 14.5 Å². The molecule has 0 amide bonds. The summed E-state index contributed by atoms with van der Waals surface area (Å²) in [5, 5.41) is 7.32. The lowest BCUT2D eigenvalue weighted by Crippen LogP contribution is -2.03. The van der Waals surface area contributed by atoms with Crippen molar-refractivity contribution in [3.05, 3.63) is 47.8 Å². The van der Waals surface area contributed by atoms with Crippen molar-refractivity contribution >= 4 is 11.9 Å². The second-order valence-electron chi connectivity index (χ2n) is 4.96. The number of rotatable bonds is 0. The van der Waals surface area contributed by atoms with E-state index in [2.05, 4.69) is 33.8 Å². The molecule has 7 heteroatoms. The largest absolute Gasteiger partial charge is 0.394 e. The first-order valence-electron chi connectivity index (χ1n) is 7.46. The van der Waals surface area contributed by atoms with Gasteiger partial charge < -0.3 is 9.30 Å². The first kappa shape index (κ1) is 24.2. The van der Waals surface area contributed by atoms with E-state index in [1.165, 1.54) is 26.3 Å². The molecular formula is C18H26N4O3. The summed E-state index contributed by atoms with van der Waals surface area (Å²) >= 11 is 0. The van der Waals surface area contributed by atoms with Crippen molar-refractivity contribution in [2.45, 2.75) is 41.5 Å². The van der Waals surface area contributed by atoms with Crippen LogP contribution in [0.4, 0.5) is 0 Å². The quantitative estimate of drug-likeness (QED) is 0.537. The van der Waals surface area contributed by atoms with E-state index in [1.54, 1.807) is 18.6 Å². The van der Waals surface area contributed by atoms with Gasteiger partial charge >= 0.3 is 11.9 Å². The molecule has 0 unspecified atom stereocenters. The van der Waals surface area contributed by atoms with Gasteiger partial charge in [-0.05, 0) is 38.5 Å². The number of esters is 2. The number of aromatic nitrogens is 3. The van der Waals surface area contributed by atoms with Crippen LogP contribution in [0.3, 0.4) is 0 Å². The zero-order valence-corrected chi connectivity index (χ0v) is 15.9. The zero-order valence-electron chi connectivity index (χ0n) is 15.9. The van der Waals surface area contributed by atoms with Crippen LogP contribution in [0.5, 0.6) is 0 Å². The summed E-state index contributed by atoms with van der Waals surface area (Å²) in [5.41, 5.74) is 3.50. The highest BCUT2D eigenvalue weighted by molar-refractivity contribution is 5.82. The average molecular weight is 346 g/mol. The van der Waals surface area contributed by atoms with Crippen molar-refractivity contribution in [1.29, 1.82) is 5.26 Å². The number of nitriles is 1. The molecule has 136 valence electrons. The minimum absolute atomic E-state index is 0.562. The number of carbonyl (C=O) groups is 2. The smallest absolute Gasteiger partial charge is 0.310 e. The maximum Gasteiger partial charge on any atom is 0.310 e. The third-order valence-electron chi connectivity index (χ3n) is 2.15.